The molecule has 5 rings (SSSR count). The lowest BCUT2D eigenvalue weighted by molar-refractivity contribution is -0.135. The third-order valence-electron chi connectivity index (χ3n) is 6.54. The summed E-state index contributed by atoms with van der Waals surface area (Å²) in [6, 6.07) is 14.5. The number of ether oxygens (including phenoxy) is 2. The van der Waals surface area contributed by atoms with Crippen LogP contribution in [0, 0.1) is 5.92 Å². The van der Waals surface area contributed by atoms with Gasteiger partial charge in [0.25, 0.3) is 5.91 Å². The number of Topliss-reactive ketones (excluding diaryl/α,β-unsaturated/α-hetero) is 1. The maximum Gasteiger partial charge on any atom is 0.290 e. The van der Waals surface area contributed by atoms with E-state index in [1.165, 1.54) is 0 Å². The molecule has 2 aliphatic heterocycles. The summed E-state index contributed by atoms with van der Waals surface area (Å²) in [7, 11) is 1.62. The summed E-state index contributed by atoms with van der Waals surface area (Å²) < 4.78 is 11.4. The number of rotatable bonds is 4. The Kier molecular flexibility index (Phi) is 5.22. The fraction of sp³-hybridized carbons (Fsp3) is 0.360. The Labute approximate surface area is 186 Å². The number of fused-ring (bicyclic) bond motifs is 1. The molecule has 160 valence electrons. The number of methoxy groups -OCH3 is 1. The van der Waals surface area contributed by atoms with Crippen LogP contribution in [0.3, 0.4) is 0 Å². The Hall–Kier alpha value is -2.79. The van der Waals surface area contributed by atoms with Gasteiger partial charge in [0.05, 0.1) is 24.6 Å². The highest BCUT2D eigenvalue weighted by molar-refractivity contribution is 6.30. The monoisotopic (exact) mass is 437 g/mol. The SMILES string of the molecule is COc1ccc(CN2C(=O)C3=C(C(=O)C4CCCCC4O3)C2c2cccc(Cl)c2)cc1. The van der Waals surface area contributed by atoms with Crippen molar-refractivity contribution in [1.82, 2.24) is 4.90 Å². The van der Waals surface area contributed by atoms with Gasteiger partial charge >= 0.3 is 0 Å². The Morgan fingerprint density at radius 2 is 1.87 bits per heavy atom. The van der Waals surface area contributed by atoms with Crippen LogP contribution in [-0.4, -0.2) is 29.8 Å². The van der Waals surface area contributed by atoms with Gasteiger partial charge in [0.1, 0.15) is 11.9 Å². The average Bonchev–Trinajstić information content (AvgIpc) is 3.06. The van der Waals surface area contributed by atoms with Crippen molar-refractivity contribution in [3.8, 4) is 5.75 Å². The predicted molar refractivity (Wildman–Crippen MR) is 117 cm³/mol. The number of ketones is 1. The lowest BCUT2D eigenvalue weighted by atomic mass is 9.77. The molecule has 0 spiro atoms. The minimum atomic E-state index is -0.501. The lowest BCUT2D eigenvalue weighted by Crippen LogP contribution is -2.39. The Balaban J connectivity index is 1.56. The first-order chi connectivity index (χ1) is 15.1. The summed E-state index contributed by atoms with van der Waals surface area (Å²) in [5.74, 6) is 0.645. The zero-order chi connectivity index (χ0) is 21.5. The van der Waals surface area contributed by atoms with Gasteiger partial charge in [-0.2, -0.15) is 0 Å². The van der Waals surface area contributed by atoms with Crippen molar-refractivity contribution in [2.75, 3.05) is 7.11 Å². The molecule has 0 N–H and O–H groups in total. The molecule has 0 saturated heterocycles. The fourth-order valence-electron chi connectivity index (χ4n) is 5.01. The highest BCUT2D eigenvalue weighted by Crippen LogP contribution is 2.47. The molecule has 1 fully saturated rings. The zero-order valence-corrected chi connectivity index (χ0v) is 18.1. The van der Waals surface area contributed by atoms with Crippen LogP contribution in [0.2, 0.25) is 5.02 Å². The summed E-state index contributed by atoms with van der Waals surface area (Å²) in [4.78, 5) is 28.8. The summed E-state index contributed by atoms with van der Waals surface area (Å²) in [5, 5.41) is 0.572. The number of carbonyl (C=O) groups excluding carboxylic acids is 2. The highest BCUT2D eigenvalue weighted by atomic mass is 35.5. The van der Waals surface area contributed by atoms with Crippen LogP contribution in [0.15, 0.2) is 59.9 Å². The summed E-state index contributed by atoms with van der Waals surface area (Å²) in [6.45, 7) is 0.360. The lowest BCUT2D eigenvalue weighted by Gasteiger charge is -2.35. The topological polar surface area (TPSA) is 55.8 Å². The van der Waals surface area contributed by atoms with E-state index >= 15 is 0 Å². The molecule has 2 aromatic carbocycles. The molecule has 2 aromatic rings. The van der Waals surface area contributed by atoms with Crippen molar-refractivity contribution in [3.63, 3.8) is 0 Å². The highest BCUT2D eigenvalue weighted by Gasteiger charge is 2.51. The number of carbonyl (C=O) groups is 2. The van der Waals surface area contributed by atoms with Gasteiger partial charge in [-0.1, -0.05) is 42.3 Å². The molecule has 1 saturated carbocycles. The molecule has 31 heavy (non-hydrogen) atoms. The van der Waals surface area contributed by atoms with Gasteiger partial charge in [0.2, 0.25) is 0 Å². The second-order valence-electron chi connectivity index (χ2n) is 8.39. The van der Waals surface area contributed by atoms with Crippen molar-refractivity contribution in [3.05, 3.63) is 76.0 Å². The van der Waals surface area contributed by atoms with Gasteiger partial charge in [0.15, 0.2) is 11.5 Å². The second kappa shape index (κ2) is 8.04. The molecule has 3 atom stereocenters. The van der Waals surface area contributed by atoms with Gasteiger partial charge in [-0.3, -0.25) is 9.59 Å². The van der Waals surface area contributed by atoms with E-state index < -0.39 is 6.04 Å². The van der Waals surface area contributed by atoms with Crippen molar-refractivity contribution < 1.29 is 19.1 Å². The fourth-order valence-corrected chi connectivity index (χ4v) is 5.21. The van der Waals surface area contributed by atoms with Gasteiger partial charge in [-0.15, -0.1) is 0 Å². The predicted octanol–water partition coefficient (Wildman–Crippen LogP) is 4.84. The zero-order valence-electron chi connectivity index (χ0n) is 17.3. The summed E-state index contributed by atoms with van der Waals surface area (Å²) in [5.41, 5.74) is 2.26. The van der Waals surface area contributed by atoms with E-state index in [2.05, 4.69) is 0 Å². The Bertz CT molecular complexity index is 1060. The maximum absolute atomic E-state index is 13.6. The second-order valence-corrected chi connectivity index (χ2v) is 8.83. The van der Waals surface area contributed by atoms with Crippen LogP contribution in [-0.2, 0) is 20.9 Å². The summed E-state index contributed by atoms with van der Waals surface area (Å²) in [6.07, 6.45) is 3.49. The van der Waals surface area contributed by atoms with Crippen LogP contribution in [0.5, 0.6) is 5.75 Å². The maximum atomic E-state index is 13.6. The molecular weight excluding hydrogens is 414 g/mol. The number of hydrogen-bond donors (Lipinski definition) is 0. The van der Waals surface area contributed by atoms with Crippen LogP contribution >= 0.6 is 11.6 Å². The van der Waals surface area contributed by atoms with Crippen molar-refractivity contribution in [1.29, 1.82) is 0 Å². The molecule has 3 unspecified atom stereocenters. The van der Waals surface area contributed by atoms with E-state index in [9.17, 15) is 9.59 Å². The van der Waals surface area contributed by atoms with Gasteiger partial charge < -0.3 is 14.4 Å². The standard InChI is InChI=1S/C25H24ClNO4/c1-30-18-11-9-15(10-12-18)14-27-22(16-5-4-6-17(26)13-16)21-23(28)19-7-2-3-8-20(19)31-24(21)25(27)29/h4-6,9-13,19-20,22H,2-3,7-8,14H2,1H3. The van der Waals surface area contributed by atoms with E-state index in [1.807, 2.05) is 42.5 Å². The summed E-state index contributed by atoms with van der Waals surface area (Å²) >= 11 is 6.27. The largest absolute Gasteiger partial charge is 0.497 e. The first-order valence-electron chi connectivity index (χ1n) is 10.7. The molecule has 5 nitrogen and oxygen atoms in total. The van der Waals surface area contributed by atoms with Crippen LogP contribution in [0.25, 0.3) is 0 Å². The van der Waals surface area contributed by atoms with E-state index in [1.54, 1.807) is 18.1 Å². The number of halogens is 1. The van der Waals surface area contributed by atoms with E-state index in [0.29, 0.717) is 17.1 Å². The molecular formula is C25H24ClNO4. The van der Waals surface area contributed by atoms with E-state index in [-0.39, 0.29) is 29.5 Å². The molecule has 6 heteroatoms. The number of hydrogen-bond acceptors (Lipinski definition) is 4. The van der Waals surface area contributed by atoms with Gasteiger partial charge in [-0.05, 0) is 54.7 Å². The minimum Gasteiger partial charge on any atom is -0.497 e. The number of benzene rings is 2. The third-order valence-corrected chi connectivity index (χ3v) is 6.77. The van der Waals surface area contributed by atoms with E-state index in [0.717, 1.165) is 42.6 Å². The van der Waals surface area contributed by atoms with Crippen molar-refractivity contribution >= 4 is 23.3 Å². The Morgan fingerprint density at radius 1 is 1.10 bits per heavy atom. The molecule has 0 aromatic heterocycles. The smallest absolute Gasteiger partial charge is 0.290 e. The molecule has 0 radical (unpaired) electrons. The van der Waals surface area contributed by atoms with Crippen molar-refractivity contribution in [2.24, 2.45) is 5.92 Å². The Morgan fingerprint density at radius 3 is 2.61 bits per heavy atom. The molecule has 2 heterocycles. The molecule has 3 aliphatic rings. The van der Waals surface area contributed by atoms with Crippen LogP contribution < -0.4 is 4.74 Å². The quantitative estimate of drug-likeness (QED) is 0.686. The molecule has 0 bridgehead atoms. The molecule has 1 aliphatic carbocycles. The first-order valence-corrected chi connectivity index (χ1v) is 11.1. The third kappa shape index (κ3) is 3.51. The molecule has 1 amide bonds. The normalized spacial score (nSPS) is 25.2. The van der Waals surface area contributed by atoms with Gasteiger partial charge in [0, 0.05) is 11.6 Å². The number of amides is 1. The van der Waals surface area contributed by atoms with Crippen LogP contribution in [0.1, 0.15) is 42.9 Å². The van der Waals surface area contributed by atoms with Crippen molar-refractivity contribution in [2.45, 2.75) is 44.4 Å². The minimum absolute atomic E-state index is 0.0570. The first kappa shape index (κ1) is 20.1. The number of nitrogens with zero attached hydrogens (tertiary/aromatic N) is 1. The average molecular weight is 438 g/mol. The van der Waals surface area contributed by atoms with Crippen LogP contribution in [0.4, 0.5) is 0 Å². The van der Waals surface area contributed by atoms with E-state index in [4.69, 9.17) is 21.1 Å². The van der Waals surface area contributed by atoms with Gasteiger partial charge in [-0.25, -0.2) is 0 Å².